The average molecular weight is 465 g/mol. The second kappa shape index (κ2) is 13.1. The number of thioether (sulfide) groups is 1. The van der Waals surface area contributed by atoms with Crippen LogP contribution in [0.2, 0.25) is 0 Å². The first-order valence-electron chi connectivity index (χ1n) is 9.96. The molecule has 7 nitrogen and oxygen atoms in total. The molecule has 2 N–H and O–H groups in total. The van der Waals surface area contributed by atoms with Crippen LogP contribution in [0.4, 0.5) is 0 Å². The van der Waals surface area contributed by atoms with Crippen LogP contribution in [0.15, 0.2) is 65.6 Å². The quantitative estimate of drug-likeness (QED) is 0.349. The highest BCUT2D eigenvalue weighted by molar-refractivity contribution is 7.98. The van der Waals surface area contributed by atoms with Crippen molar-refractivity contribution in [2.24, 2.45) is 0 Å². The van der Waals surface area contributed by atoms with Gasteiger partial charge < -0.3 is 10.1 Å². The summed E-state index contributed by atoms with van der Waals surface area (Å²) in [5.41, 5.74) is 1.19. The highest BCUT2D eigenvalue weighted by Crippen LogP contribution is 2.11. The number of aryl methyl sites for hydroxylation is 1. The molecule has 0 aliphatic rings. The molecule has 0 spiro atoms. The normalized spacial score (nSPS) is 12.2. The monoisotopic (exact) mass is 464 g/mol. The molecule has 1 atom stereocenters. The van der Waals surface area contributed by atoms with E-state index in [0.29, 0.717) is 12.3 Å². The number of esters is 1. The minimum atomic E-state index is -3.88. The van der Waals surface area contributed by atoms with Crippen molar-refractivity contribution in [3.8, 4) is 0 Å². The van der Waals surface area contributed by atoms with Crippen molar-refractivity contribution in [1.82, 2.24) is 10.0 Å². The van der Waals surface area contributed by atoms with Crippen molar-refractivity contribution in [2.75, 3.05) is 25.2 Å². The maximum absolute atomic E-state index is 12.5. The smallest absolute Gasteiger partial charge is 0.324 e. The molecule has 0 saturated carbocycles. The average Bonchev–Trinajstić information content (AvgIpc) is 2.79. The van der Waals surface area contributed by atoms with E-state index in [-0.39, 0.29) is 11.3 Å². The van der Waals surface area contributed by atoms with Crippen LogP contribution in [-0.2, 0) is 30.8 Å². The second-order valence-electron chi connectivity index (χ2n) is 6.82. The molecule has 0 aliphatic heterocycles. The van der Waals surface area contributed by atoms with Gasteiger partial charge >= 0.3 is 5.97 Å². The molecular weight excluding hydrogens is 436 g/mol. The Balaban J connectivity index is 1.80. The number of nitrogens with one attached hydrogen (secondary N) is 2. The van der Waals surface area contributed by atoms with E-state index in [0.717, 1.165) is 12.8 Å². The minimum Gasteiger partial charge on any atom is -0.454 e. The van der Waals surface area contributed by atoms with E-state index < -0.39 is 34.5 Å². The van der Waals surface area contributed by atoms with Gasteiger partial charge in [0.05, 0.1) is 4.90 Å². The first-order chi connectivity index (χ1) is 14.9. The van der Waals surface area contributed by atoms with Gasteiger partial charge in [-0.3, -0.25) is 9.59 Å². The first-order valence-corrected chi connectivity index (χ1v) is 12.8. The molecule has 0 heterocycles. The topological polar surface area (TPSA) is 102 Å². The van der Waals surface area contributed by atoms with Crippen molar-refractivity contribution in [2.45, 2.75) is 30.2 Å². The Hall–Kier alpha value is -2.36. The van der Waals surface area contributed by atoms with Crippen LogP contribution in [0.3, 0.4) is 0 Å². The molecule has 1 amide bonds. The van der Waals surface area contributed by atoms with Crippen LogP contribution in [0.25, 0.3) is 0 Å². The molecule has 2 aromatic rings. The van der Waals surface area contributed by atoms with Gasteiger partial charge in [0, 0.05) is 6.54 Å². The van der Waals surface area contributed by atoms with Crippen LogP contribution in [0.5, 0.6) is 0 Å². The predicted octanol–water partition coefficient (Wildman–Crippen LogP) is 2.38. The molecule has 0 aromatic heterocycles. The highest BCUT2D eigenvalue weighted by Gasteiger charge is 2.27. The van der Waals surface area contributed by atoms with Crippen molar-refractivity contribution < 1.29 is 22.7 Å². The van der Waals surface area contributed by atoms with Crippen LogP contribution in [-0.4, -0.2) is 51.5 Å². The van der Waals surface area contributed by atoms with E-state index >= 15 is 0 Å². The number of ether oxygens (including phenoxy) is 1. The van der Waals surface area contributed by atoms with Crippen molar-refractivity contribution in [3.05, 3.63) is 66.2 Å². The van der Waals surface area contributed by atoms with E-state index in [1.807, 2.05) is 36.6 Å². The van der Waals surface area contributed by atoms with E-state index in [1.54, 1.807) is 18.2 Å². The fourth-order valence-corrected chi connectivity index (χ4v) is 4.48. The predicted molar refractivity (Wildman–Crippen MR) is 122 cm³/mol. The molecule has 0 bridgehead atoms. The van der Waals surface area contributed by atoms with Crippen LogP contribution in [0, 0.1) is 0 Å². The highest BCUT2D eigenvalue weighted by atomic mass is 32.2. The second-order valence-corrected chi connectivity index (χ2v) is 9.51. The molecule has 0 aliphatic carbocycles. The van der Waals surface area contributed by atoms with Gasteiger partial charge in [0.2, 0.25) is 10.0 Å². The largest absolute Gasteiger partial charge is 0.454 e. The first kappa shape index (κ1) is 24.9. The number of carbonyl (C=O) groups is 2. The van der Waals surface area contributed by atoms with E-state index in [1.165, 1.54) is 29.5 Å². The molecule has 0 saturated heterocycles. The summed E-state index contributed by atoms with van der Waals surface area (Å²) in [6.45, 7) is 0.00875. The Morgan fingerprint density at radius 1 is 1.03 bits per heavy atom. The summed E-state index contributed by atoms with van der Waals surface area (Å²) in [7, 11) is -3.88. The number of hydrogen-bond donors (Lipinski definition) is 2. The van der Waals surface area contributed by atoms with E-state index in [4.69, 9.17) is 4.74 Å². The van der Waals surface area contributed by atoms with E-state index in [9.17, 15) is 18.0 Å². The minimum absolute atomic E-state index is 0.0631. The molecule has 0 radical (unpaired) electrons. The Morgan fingerprint density at radius 3 is 2.32 bits per heavy atom. The van der Waals surface area contributed by atoms with Crippen molar-refractivity contribution >= 4 is 33.7 Å². The van der Waals surface area contributed by atoms with Crippen molar-refractivity contribution in [1.29, 1.82) is 0 Å². The maximum atomic E-state index is 12.5. The Labute approximate surface area is 188 Å². The Morgan fingerprint density at radius 2 is 1.68 bits per heavy atom. The Kier molecular flexibility index (Phi) is 10.6. The maximum Gasteiger partial charge on any atom is 0.324 e. The van der Waals surface area contributed by atoms with Gasteiger partial charge in [-0.1, -0.05) is 48.5 Å². The lowest BCUT2D eigenvalue weighted by molar-refractivity contribution is -0.150. The molecule has 0 fully saturated rings. The number of benzene rings is 2. The van der Waals surface area contributed by atoms with Gasteiger partial charge in [-0.05, 0) is 49.0 Å². The molecule has 2 rings (SSSR count). The lowest BCUT2D eigenvalue weighted by Gasteiger charge is -2.17. The van der Waals surface area contributed by atoms with Gasteiger partial charge in [-0.2, -0.15) is 16.5 Å². The molecule has 1 unspecified atom stereocenters. The van der Waals surface area contributed by atoms with Crippen LogP contribution in [0.1, 0.15) is 18.4 Å². The fraction of sp³-hybridized carbons (Fsp3) is 0.364. The number of carbonyl (C=O) groups excluding carboxylic acids is 2. The lowest BCUT2D eigenvalue weighted by atomic mass is 10.1. The summed E-state index contributed by atoms with van der Waals surface area (Å²) in [6, 6.07) is 16.7. The summed E-state index contributed by atoms with van der Waals surface area (Å²) in [5.74, 6) is -0.633. The van der Waals surface area contributed by atoms with E-state index in [2.05, 4.69) is 10.0 Å². The summed E-state index contributed by atoms with van der Waals surface area (Å²) in [6.07, 6.45) is 3.71. The molecule has 31 heavy (non-hydrogen) atoms. The third-order valence-corrected chi connectivity index (χ3v) is 6.53. The van der Waals surface area contributed by atoms with Gasteiger partial charge in [-0.15, -0.1) is 0 Å². The number of hydrogen-bond acceptors (Lipinski definition) is 6. The number of sulfonamides is 1. The third kappa shape index (κ3) is 9.12. The summed E-state index contributed by atoms with van der Waals surface area (Å²) in [4.78, 5) is 24.5. The SMILES string of the molecule is CSCCC(NS(=O)(=O)c1ccccc1)C(=O)OCC(=O)NCCCc1ccccc1. The van der Waals surface area contributed by atoms with Gasteiger partial charge in [-0.25, -0.2) is 8.42 Å². The van der Waals surface area contributed by atoms with Gasteiger partial charge in [0.15, 0.2) is 6.61 Å². The fourth-order valence-electron chi connectivity index (χ4n) is 2.77. The standard InChI is InChI=1S/C22H28N2O5S2/c1-30-16-14-20(24-31(27,28)19-12-6-3-7-13-19)22(26)29-17-21(25)23-15-8-11-18-9-4-2-5-10-18/h2-7,9-10,12-13,20,24H,8,11,14-17H2,1H3,(H,23,25). The van der Waals surface area contributed by atoms with Gasteiger partial charge in [0.25, 0.3) is 5.91 Å². The molecule has 9 heteroatoms. The third-order valence-electron chi connectivity index (χ3n) is 4.40. The van der Waals surface area contributed by atoms with Gasteiger partial charge in [0.1, 0.15) is 6.04 Å². The summed E-state index contributed by atoms with van der Waals surface area (Å²) in [5, 5.41) is 2.71. The molecular formula is C22H28N2O5S2. The Bertz CT molecular complexity index is 921. The molecule has 168 valence electrons. The zero-order chi connectivity index (χ0) is 22.5. The van der Waals surface area contributed by atoms with Crippen molar-refractivity contribution in [3.63, 3.8) is 0 Å². The lowest BCUT2D eigenvalue weighted by Crippen LogP contribution is -2.43. The molecule has 2 aromatic carbocycles. The number of rotatable bonds is 13. The zero-order valence-corrected chi connectivity index (χ0v) is 19.1. The summed E-state index contributed by atoms with van der Waals surface area (Å²) >= 11 is 1.48. The van der Waals surface area contributed by atoms with Crippen LogP contribution < -0.4 is 10.0 Å². The summed E-state index contributed by atoms with van der Waals surface area (Å²) < 4.78 is 32.5. The van der Waals surface area contributed by atoms with Crippen LogP contribution >= 0.6 is 11.8 Å². The number of amides is 1. The zero-order valence-electron chi connectivity index (χ0n) is 17.5.